The molecule has 0 aliphatic carbocycles. The van der Waals surface area contributed by atoms with E-state index in [9.17, 15) is 9.59 Å². The Bertz CT molecular complexity index is 393. The van der Waals surface area contributed by atoms with Crippen molar-refractivity contribution in [3.63, 3.8) is 0 Å². The zero-order valence-electron chi connectivity index (χ0n) is 8.14. The molecule has 0 bridgehead atoms. The van der Waals surface area contributed by atoms with Gasteiger partial charge in [0.25, 0.3) is 5.78 Å². The van der Waals surface area contributed by atoms with Gasteiger partial charge in [0.2, 0.25) is 0 Å². The largest absolute Gasteiger partial charge is 0.475 e. The second-order valence-corrected chi connectivity index (χ2v) is 3.52. The van der Waals surface area contributed by atoms with Crippen LogP contribution in [-0.2, 0) is 4.79 Å². The molecule has 1 aromatic rings. The summed E-state index contributed by atoms with van der Waals surface area (Å²) in [5.74, 6) is -2.27. The molecule has 1 fully saturated rings. The lowest BCUT2D eigenvalue weighted by Gasteiger charge is -2.33. The van der Waals surface area contributed by atoms with E-state index in [4.69, 9.17) is 5.11 Å². The predicted octanol–water partition coefficient (Wildman–Crippen LogP) is 1.16. The van der Waals surface area contributed by atoms with Gasteiger partial charge in [-0.05, 0) is 30.7 Å². The molecule has 15 heavy (non-hydrogen) atoms. The summed E-state index contributed by atoms with van der Waals surface area (Å²) in [5.41, 5.74) is 1.27. The van der Waals surface area contributed by atoms with Crippen LogP contribution in [0.1, 0.15) is 16.8 Å². The lowest BCUT2D eigenvalue weighted by atomic mass is 10.1. The van der Waals surface area contributed by atoms with Crippen LogP contribution in [-0.4, -0.2) is 29.9 Å². The number of carbonyl (C=O) groups excluding carboxylic acids is 1. The summed E-state index contributed by atoms with van der Waals surface area (Å²) in [6, 6.07) is 6.69. The maximum atomic E-state index is 11.1. The van der Waals surface area contributed by atoms with Crippen LogP contribution in [0.15, 0.2) is 24.3 Å². The van der Waals surface area contributed by atoms with Gasteiger partial charge in [-0.3, -0.25) is 4.79 Å². The highest BCUT2D eigenvalue weighted by Crippen LogP contribution is 2.20. The second-order valence-electron chi connectivity index (χ2n) is 3.52. The highest BCUT2D eigenvalue weighted by Gasteiger charge is 2.17. The molecule has 4 nitrogen and oxygen atoms in total. The van der Waals surface area contributed by atoms with Crippen LogP contribution in [0.4, 0.5) is 5.69 Å². The third kappa shape index (κ3) is 1.83. The molecule has 0 radical (unpaired) electrons. The van der Waals surface area contributed by atoms with Gasteiger partial charge in [0, 0.05) is 24.3 Å². The van der Waals surface area contributed by atoms with Gasteiger partial charge in [0.05, 0.1) is 0 Å². The number of rotatable bonds is 3. The first kappa shape index (κ1) is 9.71. The minimum absolute atomic E-state index is 0.228. The molecule has 1 aliphatic rings. The van der Waals surface area contributed by atoms with E-state index in [0.717, 1.165) is 18.8 Å². The van der Waals surface area contributed by atoms with Gasteiger partial charge < -0.3 is 10.0 Å². The van der Waals surface area contributed by atoms with Gasteiger partial charge in [-0.2, -0.15) is 0 Å². The number of carbonyl (C=O) groups is 2. The minimum Gasteiger partial charge on any atom is -0.475 e. The van der Waals surface area contributed by atoms with Crippen molar-refractivity contribution in [1.82, 2.24) is 0 Å². The number of carboxylic acid groups (broad SMARTS) is 1. The van der Waals surface area contributed by atoms with Crippen LogP contribution in [0.2, 0.25) is 0 Å². The summed E-state index contributed by atoms with van der Waals surface area (Å²) in [6.07, 6.45) is 1.19. The molecule has 1 heterocycles. The summed E-state index contributed by atoms with van der Waals surface area (Å²) in [4.78, 5) is 23.7. The van der Waals surface area contributed by atoms with Crippen molar-refractivity contribution in [2.75, 3.05) is 18.0 Å². The van der Waals surface area contributed by atoms with E-state index < -0.39 is 11.8 Å². The molecular formula is C11H11NO3. The maximum absolute atomic E-state index is 11.1. The Morgan fingerprint density at radius 2 is 1.73 bits per heavy atom. The van der Waals surface area contributed by atoms with Gasteiger partial charge in [-0.15, -0.1) is 0 Å². The van der Waals surface area contributed by atoms with Gasteiger partial charge in [-0.25, -0.2) is 4.79 Å². The molecular weight excluding hydrogens is 194 g/mol. The lowest BCUT2D eigenvalue weighted by Crippen LogP contribution is -2.36. The molecule has 1 N–H and O–H groups in total. The standard InChI is InChI=1S/C11H11NO3/c13-10(11(14)15)8-2-4-9(5-3-8)12-6-1-7-12/h2-5H,1,6-7H2,(H,14,15). The fraction of sp³-hybridized carbons (Fsp3) is 0.273. The van der Waals surface area contributed by atoms with Crippen molar-refractivity contribution in [2.45, 2.75) is 6.42 Å². The molecule has 1 aliphatic heterocycles. The third-order valence-corrected chi connectivity index (χ3v) is 2.54. The summed E-state index contributed by atoms with van der Waals surface area (Å²) < 4.78 is 0. The number of aliphatic carboxylic acids is 1. The van der Waals surface area contributed by atoms with E-state index in [-0.39, 0.29) is 5.56 Å². The van der Waals surface area contributed by atoms with Crippen LogP contribution in [0.3, 0.4) is 0 Å². The average Bonchev–Trinajstić information content (AvgIpc) is 2.15. The average molecular weight is 205 g/mol. The van der Waals surface area contributed by atoms with Gasteiger partial charge in [0.1, 0.15) is 0 Å². The SMILES string of the molecule is O=C(O)C(=O)c1ccc(N2CCC2)cc1. The Morgan fingerprint density at radius 1 is 1.13 bits per heavy atom. The smallest absolute Gasteiger partial charge is 0.377 e. The minimum atomic E-state index is -1.41. The van der Waals surface area contributed by atoms with Crippen molar-refractivity contribution >= 4 is 17.4 Å². The van der Waals surface area contributed by atoms with Gasteiger partial charge in [-0.1, -0.05) is 0 Å². The predicted molar refractivity (Wildman–Crippen MR) is 55.2 cm³/mol. The number of Topliss-reactive ketones (excluding diaryl/α,β-unsaturated/α-hetero) is 1. The van der Waals surface area contributed by atoms with Crippen LogP contribution in [0.25, 0.3) is 0 Å². The molecule has 0 aromatic heterocycles. The van der Waals surface area contributed by atoms with Crippen molar-refractivity contribution in [3.8, 4) is 0 Å². The molecule has 0 unspecified atom stereocenters. The zero-order chi connectivity index (χ0) is 10.8. The van der Waals surface area contributed by atoms with E-state index in [2.05, 4.69) is 4.90 Å². The first-order chi connectivity index (χ1) is 7.18. The van der Waals surface area contributed by atoms with E-state index >= 15 is 0 Å². The highest BCUT2D eigenvalue weighted by molar-refractivity contribution is 6.39. The van der Waals surface area contributed by atoms with E-state index in [1.807, 2.05) is 0 Å². The summed E-state index contributed by atoms with van der Waals surface area (Å²) in [7, 11) is 0. The van der Waals surface area contributed by atoms with Crippen molar-refractivity contribution in [1.29, 1.82) is 0 Å². The molecule has 1 saturated heterocycles. The first-order valence-corrected chi connectivity index (χ1v) is 4.81. The monoisotopic (exact) mass is 205 g/mol. The molecule has 0 atom stereocenters. The van der Waals surface area contributed by atoms with Crippen LogP contribution >= 0.6 is 0 Å². The third-order valence-electron chi connectivity index (χ3n) is 2.54. The number of anilines is 1. The van der Waals surface area contributed by atoms with E-state index in [1.54, 1.807) is 24.3 Å². The molecule has 0 spiro atoms. The number of nitrogens with zero attached hydrogens (tertiary/aromatic N) is 1. The topological polar surface area (TPSA) is 57.6 Å². The number of benzene rings is 1. The Kier molecular flexibility index (Phi) is 2.41. The normalized spacial score (nSPS) is 14.5. The molecule has 4 heteroatoms. The molecule has 0 amide bonds. The highest BCUT2D eigenvalue weighted by atomic mass is 16.4. The molecule has 0 saturated carbocycles. The van der Waals surface area contributed by atoms with Crippen LogP contribution < -0.4 is 4.90 Å². The van der Waals surface area contributed by atoms with Gasteiger partial charge >= 0.3 is 5.97 Å². The first-order valence-electron chi connectivity index (χ1n) is 4.81. The number of hydrogen-bond acceptors (Lipinski definition) is 3. The maximum Gasteiger partial charge on any atom is 0.377 e. The number of ketones is 1. The van der Waals surface area contributed by atoms with Crippen molar-refractivity contribution < 1.29 is 14.7 Å². The lowest BCUT2D eigenvalue weighted by molar-refractivity contribution is -0.131. The Hall–Kier alpha value is -1.84. The Balaban J connectivity index is 2.16. The molecule has 78 valence electrons. The fourth-order valence-electron chi connectivity index (χ4n) is 1.52. The fourth-order valence-corrected chi connectivity index (χ4v) is 1.52. The van der Waals surface area contributed by atoms with Crippen molar-refractivity contribution in [3.05, 3.63) is 29.8 Å². The number of carboxylic acids is 1. The second kappa shape index (κ2) is 3.73. The Morgan fingerprint density at radius 3 is 2.13 bits per heavy atom. The summed E-state index contributed by atoms with van der Waals surface area (Å²) in [5, 5.41) is 8.51. The quantitative estimate of drug-likeness (QED) is 0.594. The zero-order valence-corrected chi connectivity index (χ0v) is 8.14. The van der Waals surface area contributed by atoms with E-state index in [1.165, 1.54) is 6.42 Å². The van der Waals surface area contributed by atoms with Crippen LogP contribution in [0, 0.1) is 0 Å². The van der Waals surface area contributed by atoms with Crippen LogP contribution in [0.5, 0.6) is 0 Å². The summed E-state index contributed by atoms with van der Waals surface area (Å²) >= 11 is 0. The number of hydrogen-bond donors (Lipinski definition) is 1. The van der Waals surface area contributed by atoms with E-state index in [0.29, 0.717) is 0 Å². The van der Waals surface area contributed by atoms with Gasteiger partial charge in [0.15, 0.2) is 0 Å². The Labute approximate surface area is 87.1 Å². The summed E-state index contributed by atoms with van der Waals surface area (Å²) in [6.45, 7) is 2.07. The molecule has 2 rings (SSSR count). The molecule has 1 aromatic carbocycles. The van der Waals surface area contributed by atoms with Crippen molar-refractivity contribution in [2.24, 2.45) is 0 Å².